The average Bonchev–Trinajstić information content (AvgIpc) is 2.65. The van der Waals surface area contributed by atoms with Crippen molar-refractivity contribution >= 4 is 19.6 Å². The zero-order valence-corrected chi connectivity index (χ0v) is 20.9. The predicted octanol–water partition coefficient (Wildman–Crippen LogP) is 6.78. The molecule has 29 heavy (non-hydrogen) atoms. The smallest absolute Gasteiger partial charge is 0.123 e. The lowest BCUT2D eigenvalue weighted by molar-refractivity contribution is 0.430. The Hall–Kier alpha value is -1.53. The molecule has 0 aliphatic carbocycles. The summed E-state index contributed by atoms with van der Waals surface area (Å²) in [7, 11) is 0.593. The van der Waals surface area contributed by atoms with Crippen LogP contribution in [0.1, 0.15) is 77.1 Å². The third-order valence-corrected chi connectivity index (χ3v) is 8.19. The highest BCUT2D eigenvalue weighted by molar-refractivity contribution is 7.49. The molecule has 2 aromatic carbocycles. The third-order valence-electron chi connectivity index (χ3n) is 6.12. The lowest BCUT2D eigenvalue weighted by atomic mass is 9.82. The normalized spacial score (nSPS) is 14.4. The van der Waals surface area contributed by atoms with E-state index in [0.29, 0.717) is 14.3 Å². The summed E-state index contributed by atoms with van der Waals surface area (Å²) in [5.41, 5.74) is 5.97. The summed E-state index contributed by atoms with van der Waals surface area (Å²) in [6, 6.07) is 11.0. The van der Waals surface area contributed by atoms with Crippen molar-refractivity contribution < 1.29 is 5.11 Å². The van der Waals surface area contributed by atoms with Gasteiger partial charge >= 0.3 is 0 Å². The van der Waals surface area contributed by atoms with Crippen LogP contribution in [0.3, 0.4) is 0 Å². The van der Waals surface area contributed by atoms with Crippen molar-refractivity contribution in [2.75, 3.05) is 18.0 Å². The minimum absolute atomic E-state index is 0.0857. The monoisotopic (exact) mass is 413 g/mol. The van der Waals surface area contributed by atoms with Gasteiger partial charge in [-0.1, -0.05) is 73.0 Å². The minimum Gasteiger partial charge on any atom is -0.507 e. The van der Waals surface area contributed by atoms with E-state index in [4.69, 9.17) is 0 Å². The first-order valence-corrected chi connectivity index (χ1v) is 12.0. The molecule has 0 radical (unpaired) electrons. The highest BCUT2D eigenvalue weighted by atomic mass is 31.1. The van der Waals surface area contributed by atoms with Gasteiger partial charge in [0.15, 0.2) is 0 Å². The van der Waals surface area contributed by atoms with E-state index in [1.54, 1.807) is 0 Å². The van der Waals surface area contributed by atoms with Gasteiger partial charge in [-0.25, -0.2) is 0 Å². The molecule has 0 spiro atoms. The fourth-order valence-corrected chi connectivity index (χ4v) is 5.74. The first-order chi connectivity index (χ1) is 13.5. The number of nitrogens with zero attached hydrogens (tertiary/aromatic N) is 1. The van der Waals surface area contributed by atoms with Crippen molar-refractivity contribution in [3.05, 3.63) is 52.6 Å². The second-order valence-electron chi connectivity index (χ2n) is 9.41. The van der Waals surface area contributed by atoms with E-state index in [0.717, 1.165) is 30.6 Å². The summed E-state index contributed by atoms with van der Waals surface area (Å²) in [4.78, 5) is 2.45. The van der Waals surface area contributed by atoms with Gasteiger partial charge in [0, 0.05) is 29.5 Å². The van der Waals surface area contributed by atoms with E-state index in [2.05, 4.69) is 97.5 Å². The van der Waals surface area contributed by atoms with Crippen LogP contribution in [-0.2, 0) is 10.6 Å². The Bertz CT molecular complexity index is 849. The van der Waals surface area contributed by atoms with Crippen molar-refractivity contribution in [1.82, 2.24) is 0 Å². The molecular formula is C26H40NOP. The molecule has 3 heteroatoms. The molecule has 160 valence electrons. The number of hydrogen-bond acceptors (Lipinski definition) is 2. The highest BCUT2D eigenvalue weighted by Crippen LogP contribution is 2.50. The second-order valence-corrected chi connectivity index (χ2v) is 11.3. The molecule has 2 rings (SSSR count). The minimum atomic E-state index is -0.107. The van der Waals surface area contributed by atoms with E-state index in [9.17, 15) is 5.11 Å². The summed E-state index contributed by atoms with van der Waals surface area (Å²) in [5.74, 6) is 0.484. The van der Waals surface area contributed by atoms with Crippen molar-refractivity contribution in [3.8, 4) is 5.75 Å². The Balaban J connectivity index is 2.65. The molecular weight excluding hydrogens is 373 g/mol. The maximum absolute atomic E-state index is 11.3. The molecule has 0 saturated heterocycles. The fourth-order valence-electron chi connectivity index (χ4n) is 4.04. The number of aromatic hydroxyl groups is 1. The molecule has 0 heterocycles. The average molecular weight is 414 g/mol. The van der Waals surface area contributed by atoms with Gasteiger partial charge in [0.05, 0.1) is 0 Å². The van der Waals surface area contributed by atoms with E-state index in [-0.39, 0.29) is 10.6 Å². The summed E-state index contributed by atoms with van der Waals surface area (Å²) in [5, 5.41) is 12.7. The Morgan fingerprint density at radius 2 is 1.52 bits per heavy atom. The molecule has 0 aromatic heterocycles. The van der Waals surface area contributed by atoms with Crippen molar-refractivity contribution in [2.24, 2.45) is 0 Å². The lowest BCUT2D eigenvalue weighted by Crippen LogP contribution is -2.29. The third kappa shape index (κ3) is 4.97. The van der Waals surface area contributed by atoms with Crippen molar-refractivity contribution in [1.29, 1.82) is 0 Å². The van der Waals surface area contributed by atoms with Gasteiger partial charge in [0.2, 0.25) is 0 Å². The molecule has 1 N–H and O–H groups in total. The largest absolute Gasteiger partial charge is 0.507 e. The molecule has 2 unspecified atom stereocenters. The van der Waals surface area contributed by atoms with Crippen molar-refractivity contribution in [3.63, 3.8) is 0 Å². The summed E-state index contributed by atoms with van der Waals surface area (Å²) < 4.78 is 0. The zero-order chi connectivity index (χ0) is 22.0. The predicted molar refractivity (Wildman–Crippen MR) is 132 cm³/mol. The molecule has 0 bridgehead atoms. The van der Waals surface area contributed by atoms with Crippen LogP contribution in [0.4, 0.5) is 5.69 Å². The van der Waals surface area contributed by atoms with Gasteiger partial charge in [-0.3, -0.25) is 0 Å². The SMILES string of the molecule is CCN(CC)c1cccc(C)c1PC(C)(CC)c1cc(C)cc(C(C)(C)C)c1O. The summed E-state index contributed by atoms with van der Waals surface area (Å²) in [6.45, 7) is 21.9. The van der Waals surface area contributed by atoms with Gasteiger partial charge in [-0.05, 0) is 62.0 Å². The standard InChI is InChI=1S/C26H40NOP/c1-10-26(9,21-17-18(4)16-20(23(21)28)25(6,7)8)29-24-19(5)14-13-15-22(24)27(11-2)12-3/h13-17,28-29H,10-12H2,1-9H3. The van der Waals surface area contributed by atoms with Crippen LogP contribution < -0.4 is 10.2 Å². The molecule has 2 nitrogen and oxygen atoms in total. The second kappa shape index (κ2) is 9.09. The maximum Gasteiger partial charge on any atom is 0.123 e. The van der Waals surface area contributed by atoms with Gasteiger partial charge in [0.1, 0.15) is 5.75 Å². The number of hydrogen-bond donors (Lipinski definition) is 1. The first-order valence-electron chi connectivity index (χ1n) is 11.0. The number of phenols is 1. The van der Waals surface area contributed by atoms with Crippen LogP contribution in [0.2, 0.25) is 0 Å². The Morgan fingerprint density at radius 3 is 2.03 bits per heavy atom. The molecule has 2 aromatic rings. The van der Waals surface area contributed by atoms with E-state index in [1.165, 1.54) is 22.1 Å². The van der Waals surface area contributed by atoms with Gasteiger partial charge in [-0.2, -0.15) is 0 Å². The zero-order valence-electron chi connectivity index (χ0n) is 19.9. The molecule has 0 aliphatic rings. The number of anilines is 1. The van der Waals surface area contributed by atoms with Crippen LogP contribution >= 0.6 is 8.58 Å². The van der Waals surface area contributed by atoms with Crippen LogP contribution in [0.5, 0.6) is 5.75 Å². The van der Waals surface area contributed by atoms with Gasteiger partial charge in [0.25, 0.3) is 0 Å². The number of aryl methyl sites for hydroxylation is 2. The Kier molecular flexibility index (Phi) is 7.44. The van der Waals surface area contributed by atoms with Crippen LogP contribution in [0, 0.1) is 13.8 Å². The number of phenolic OH excluding ortho intramolecular Hbond substituents is 1. The Morgan fingerprint density at radius 1 is 0.931 bits per heavy atom. The van der Waals surface area contributed by atoms with Crippen molar-refractivity contribution in [2.45, 2.75) is 79.3 Å². The first kappa shape index (κ1) is 23.7. The lowest BCUT2D eigenvalue weighted by Gasteiger charge is -2.35. The van der Waals surface area contributed by atoms with E-state index >= 15 is 0 Å². The van der Waals surface area contributed by atoms with Gasteiger partial charge in [-0.15, -0.1) is 0 Å². The van der Waals surface area contributed by atoms with Gasteiger partial charge < -0.3 is 10.0 Å². The number of rotatable bonds is 7. The molecule has 0 amide bonds. The van der Waals surface area contributed by atoms with Crippen LogP contribution in [0.15, 0.2) is 30.3 Å². The van der Waals surface area contributed by atoms with E-state index in [1.807, 2.05) is 0 Å². The topological polar surface area (TPSA) is 23.5 Å². The van der Waals surface area contributed by atoms with E-state index < -0.39 is 0 Å². The molecule has 2 atom stereocenters. The highest BCUT2D eigenvalue weighted by Gasteiger charge is 2.33. The molecule has 0 fully saturated rings. The maximum atomic E-state index is 11.3. The summed E-state index contributed by atoms with van der Waals surface area (Å²) in [6.07, 6.45) is 0.984. The fraction of sp³-hybridized carbons (Fsp3) is 0.538. The Labute approximate surface area is 180 Å². The molecule has 0 aliphatic heterocycles. The quantitative estimate of drug-likeness (QED) is 0.506. The number of benzene rings is 2. The summed E-state index contributed by atoms with van der Waals surface area (Å²) >= 11 is 0. The van der Waals surface area contributed by atoms with Crippen LogP contribution in [0.25, 0.3) is 0 Å². The van der Waals surface area contributed by atoms with Crippen LogP contribution in [-0.4, -0.2) is 18.2 Å². The molecule has 0 saturated carbocycles.